The van der Waals surface area contributed by atoms with Crippen LogP contribution in [0.5, 0.6) is 0 Å². The third-order valence-corrected chi connectivity index (χ3v) is 1.26. The summed E-state index contributed by atoms with van der Waals surface area (Å²) in [6.07, 6.45) is 2.08. The Morgan fingerprint density at radius 2 is 2.55 bits per heavy atom. The molecule has 0 aliphatic carbocycles. The minimum absolute atomic E-state index is 0.0139. The molecule has 0 amide bonds. The minimum atomic E-state index is -0.634. The number of furan rings is 1. The van der Waals surface area contributed by atoms with Crippen LogP contribution in [0.1, 0.15) is 5.76 Å². The van der Waals surface area contributed by atoms with Crippen molar-refractivity contribution in [2.24, 2.45) is 0 Å². The van der Waals surface area contributed by atoms with Gasteiger partial charge in [-0.15, -0.1) is 0 Å². The second-order valence-corrected chi connectivity index (χ2v) is 2.15. The number of hydrogen-bond donors (Lipinski definition) is 0. The van der Waals surface area contributed by atoms with E-state index in [2.05, 4.69) is 0 Å². The summed E-state index contributed by atoms with van der Waals surface area (Å²) in [5, 5.41) is 9.89. The number of nitrogens with zero attached hydrogens (tertiary/aromatic N) is 1. The van der Waals surface area contributed by atoms with E-state index in [-0.39, 0.29) is 5.03 Å². The van der Waals surface area contributed by atoms with E-state index in [9.17, 15) is 10.1 Å². The Hall–Kier alpha value is -1.29. The summed E-state index contributed by atoms with van der Waals surface area (Å²) in [7, 11) is 0. The molecule has 0 N–H and O–H groups in total. The van der Waals surface area contributed by atoms with Crippen LogP contribution >= 0.6 is 11.6 Å². The molecular formula is C6H4ClNO3. The quantitative estimate of drug-likeness (QED) is 0.508. The van der Waals surface area contributed by atoms with Gasteiger partial charge in [0.15, 0.2) is 10.8 Å². The van der Waals surface area contributed by atoms with Crippen LogP contribution in [0.4, 0.5) is 0 Å². The van der Waals surface area contributed by atoms with Crippen molar-refractivity contribution in [3.05, 3.63) is 40.5 Å². The first-order valence-electron chi connectivity index (χ1n) is 2.75. The maximum Gasteiger partial charge on any atom is 0.256 e. The normalized spacial score (nSPS) is 11.5. The Morgan fingerprint density at radius 3 is 3.00 bits per heavy atom. The van der Waals surface area contributed by atoms with Gasteiger partial charge < -0.3 is 4.42 Å². The van der Waals surface area contributed by atoms with E-state index in [1.54, 1.807) is 12.1 Å². The third-order valence-electron chi connectivity index (χ3n) is 0.975. The lowest BCUT2D eigenvalue weighted by molar-refractivity contribution is -0.401. The molecule has 4 nitrogen and oxygen atoms in total. The Labute approximate surface area is 67.2 Å². The predicted molar refractivity (Wildman–Crippen MR) is 39.5 cm³/mol. The number of halogens is 1. The monoisotopic (exact) mass is 173 g/mol. The van der Waals surface area contributed by atoms with Gasteiger partial charge in [-0.2, -0.15) is 0 Å². The van der Waals surface area contributed by atoms with Crippen molar-refractivity contribution in [2.45, 2.75) is 0 Å². The van der Waals surface area contributed by atoms with E-state index in [1.807, 2.05) is 0 Å². The first kappa shape index (κ1) is 7.81. The van der Waals surface area contributed by atoms with Crippen molar-refractivity contribution < 1.29 is 9.34 Å². The molecule has 5 heteroatoms. The highest BCUT2D eigenvalue weighted by Crippen LogP contribution is 2.18. The van der Waals surface area contributed by atoms with Gasteiger partial charge in [-0.1, -0.05) is 11.6 Å². The van der Waals surface area contributed by atoms with Crippen LogP contribution in [0.2, 0.25) is 0 Å². The molecule has 1 rings (SSSR count). The summed E-state index contributed by atoms with van der Waals surface area (Å²) in [6, 6.07) is 3.15. The summed E-state index contributed by atoms with van der Waals surface area (Å²) in [5.41, 5.74) is 0. The van der Waals surface area contributed by atoms with Gasteiger partial charge in [-0.3, -0.25) is 10.1 Å². The lowest BCUT2D eigenvalue weighted by atomic mass is 10.4. The SMILES string of the molecule is O=[N+]([O-])C=C(Cl)c1ccco1. The summed E-state index contributed by atoms with van der Waals surface area (Å²) in [6.45, 7) is 0. The van der Waals surface area contributed by atoms with Gasteiger partial charge in [0.25, 0.3) is 6.20 Å². The number of rotatable bonds is 2. The Kier molecular flexibility index (Phi) is 2.28. The molecule has 58 valence electrons. The summed E-state index contributed by atoms with van der Waals surface area (Å²) in [5.74, 6) is 0.295. The lowest BCUT2D eigenvalue weighted by Gasteiger charge is -1.86. The van der Waals surface area contributed by atoms with Gasteiger partial charge in [-0.25, -0.2) is 0 Å². The molecule has 0 saturated heterocycles. The first-order chi connectivity index (χ1) is 5.20. The smallest absolute Gasteiger partial charge is 0.256 e. The van der Waals surface area contributed by atoms with Gasteiger partial charge in [0, 0.05) is 0 Å². The van der Waals surface area contributed by atoms with Gasteiger partial charge in [-0.05, 0) is 12.1 Å². The molecule has 11 heavy (non-hydrogen) atoms. The van der Waals surface area contributed by atoms with E-state index in [4.69, 9.17) is 16.0 Å². The second-order valence-electron chi connectivity index (χ2n) is 1.74. The molecule has 0 aliphatic heterocycles. The van der Waals surface area contributed by atoms with E-state index >= 15 is 0 Å². The highest BCUT2D eigenvalue weighted by Gasteiger charge is 2.04. The van der Waals surface area contributed by atoms with Gasteiger partial charge in [0.1, 0.15) is 0 Å². The fourth-order valence-electron chi connectivity index (χ4n) is 0.571. The highest BCUT2D eigenvalue weighted by molar-refractivity contribution is 6.48. The van der Waals surface area contributed by atoms with Crippen molar-refractivity contribution in [1.29, 1.82) is 0 Å². The van der Waals surface area contributed by atoms with Gasteiger partial charge >= 0.3 is 0 Å². The molecule has 0 saturated carbocycles. The zero-order valence-electron chi connectivity index (χ0n) is 5.36. The van der Waals surface area contributed by atoms with Gasteiger partial charge in [0.2, 0.25) is 0 Å². The van der Waals surface area contributed by atoms with Gasteiger partial charge in [0.05, 0.1) is 11.2 Å². The molecule has 0 fully saturated rings. The van der Waals surface area contributed by atoms with Crippen molar-refractivity contribution in [3.8, 4) is 0 Å². The highest BCUT2D eigenvalue weighted by atomic mass is 35.5. The molecule has 0 aliphatic rings. The van der Waals surface area contributed by atoms with E-state index in [0.717, 1.165) is 0 Å². The Balaban J connectivity index is 2.86. The van der Waals surface area contributed by atoms with Crippen LogP contribution in [0, 0.1) is 10.1 Å². The topological polar surface area (TPSA) is 56.3 Å². The summed E-state index contributed by atoms with van der Waals surface area (Å²) >= 11 is 5.47. The standard InChI is InChI=1S/C6H4ClNO3/c7-5(4-8(9)10)6-2-1-3-11-6/h1-4H. The third kappa shape index (κ3) is 2.09. The van der Waals surface area contributed by atoms with Crippen LogP contribution in [0.25, 0.3) is 5.03 Å². The summed E-state index contributed by atoms with van der Waals surface area (Å²) in [4.78, 5) is 9.27. The molecule has 0 bridgehead atoms. The zero-order chi connectivity index (χ0) is 8.27. The molecule has 1 aromatic rings. The average Bonchev–Trinajstić information content (AvgIpc) is 2.35. The van der Waals surface area contributed by atoms with Crippen LogP contribution in [-0.2, 0) is 0 Å². The predicted octanol–water partition coefficient (Wildman–Crippen LogP) is 2.09. The molecule has 0 unspecified atom stereocenters. The van der Waals surface area contributed by atoms with Crippen LogP contribution in [-0.4, -0.2) is 4.92 Å². The minimum Gasteiger partial charge on any atom is -0.463 e. The Bertz CT molecular complexity index is 278. The Morgan fingerprint density at radius 1 is 1.82 bits per heavy atom. The molecule has 0 aromatic carbocycles. The maximum atomic E-state index is 9.91. The molecular weight excluding hydrogens is 170 g/mol. The summed E-state index contributed by atoms with van der Waals surface area (Å²) < 4.78 is 4.79. The molecule has 0 radical (unpaired) electrons. The molecule has 1 heterocycles. The molecule has 0 atom stereocenters. The molecule has 1 aromatic heterocycles. The van der Waals surface area contributed by atoms with Crippen molar-refractivity contribution in [3.63, 3.8) is 0 Å². The van der Waals surface area contributed by atoms with E-state index in [0.29, 0.717) is 12.0 Å². The van der Waals surface area contributed by atoms with Crippen molar-refractivity contribution in [2.75, 3.05) is 0 Å². The maximum absolute atomic E-state index is 9.91. The fraction of sp³-hybridized carbons (Fsp3) is 0. The molecule has 0 spiro atoms. The fourth-order valence-corrected chi connectivity index (χ4v) is 0.758. The van der Waals surface area contributed by atoms with E-state index in [1.165, 1.54) is 6.26 Å². The van der Waals surface area contributed by atoms with Crippen LogP contribution < -0.4 is 0 Å². The largest absolute Gasteiger partial charge is 0.463 e. The lowest BCUT2D eigenvalue weighted by Crippen LogP contribution is -1.84. The van der Waals surface area contributed by atoms with Crippen LogP contribution in [0.3, 0.4) is 0 Å². The zero-order valence-corrected chi connectivity index (χ0v) is 6.12. The number of hydrogen-bond acceptors (Lipinski definition) is 3. The first-order valence-corrected chi connectivity index (χ1v) is 3.12. The van der Waals surface area contributed by atoms with Crippen molar-refractivity contribution in [1.82, 2.24) is 0 Å². The van der Waals surface area contributed by atoms with Crippen molar-refractivity contribution >= 4 is 16.6 Å². The van der Waals surface area contributed by atoms with E-state index < -0.39 is 4.92 Å². The second kappa shape index (κ2) is 3.21. The number of nitro groups is 1. The average molecular weight is 174 g/mol. The van der Waals surface area contributed by atoms with Crippen LogP contribution in [0.15, 0.2) is 29.0 Å².